The first-order valence-corrected chi connectivity index (χ1v) is 6.92. The summed E-state index contributed by atoms with van der Waals surface area (Å²) in [6.45, 7) is -0.0132. The van der Waals surface area contributed by atoms with Crippen LogP contribution >= 0.6 is 11.6 Å². The highest BCUT2D eigenvalue weighted by molar-refractivity contribution is 6.31. The van der Waals surface area contributed by atoms with Gasteiger partial charge in [-0.25, -0.2) is 4.98 Å². The first-order valence-electron chi connectivity index (χ1n) is 6.54. The molecule has 1 atom stereocenters. The smallest absolute Gasteiger partial charge is 0.181 e. The van der Waals surface area contributed by atoms with E-state index in [9.17, 15) is 9.90 Å². The molecule has 2 aromatic rings. The number of Topliss-reactive ketones (excluding diaryl/α,β-unsaturated/α-hetero) is 1. The molecule has 3 rings (SSSR count). The van der Waals surface area contributed by atoms with E-state index in [4.69, 9.17) is 16.9 Å². The molecule has 1 unspecified atom stereocenters. The molecule has 106 valence electrons. The van der Waals surface area contributed by atoms with Gasteiger partial charge < -0.3 is 5.11 Å². The van der Waals surface area contributed by atoms with E-state index in [1.807, 2.05) is 6.07 Å². The largest absolute Gasteiger partial charge is 0.396 e. The Balaban J connectivity index is 2.06. The molecule has 1 N–H and O–H groups in total. The van der Waals surface area contributed by atoms with Gasteiger partial charge in [-0.05, 0) is 30.5 Å². The van der Waals surface area contributed by atoms with Gasteiger partial charge in [0.25, 0.3) is 0 Å². The van der Waals surface area contributed by atoms with E-state index < -0.39 is 0 Å². The normalized spacial score (nSPS) is 17.4. The van der Waals surface area contributed by atoms with Crippen molar-refractivity contribution in [3.63, 3.8) is 0 Å². The minimum atomic E-state index is -0.0575. The van der Waals surface area contributed by atoms with Gasteiger partial charge in [0.1, 0.15) is 18.1 Å². The monoisotopic (exact) mass is 301 g/mol. The van der Waals surface area contributed by atoms with Gasteiger partial charge >= 0.3 is 0 Å². The summed E-state index contributed by atoms with van der Waals surface area (Å²) in [6, 6.07) is 7.00. The number of hydrogen-bond donors (Lipinski definition) is 1. The van der Waals surface area contributed by atoms with Crippen molar-refractivity contribution in [1.29, 1.82) is 5.26 Å². The summed E-state index contributed by atoms with van der Waals surface area (Å²) in [5.74, 6) is -0.0915. The fraction of sp³-hybridized carbons (Fsp3) is 0.267. The van der Waals surface area contributed by atoms with Gasteiger partial charge in [0.2, 0.25) is 0 Å². The Morgan fingerprint density at radius 1 is 1.48 bits per heavy atom. The highest BCUT2D eigenvalue weighted by atomic mass is 35.5. The Morgan fingerprint density at radius 3 is 2.95 bits per heavy atom. The lowest BCUT2D eigenvalue weighted by Crippen LogP contribution is -2.24. The second-order valence-corrected chi connectivity index (χ2v) is 5.47. The van der Waals surface area contributed by atoms with Crippen molar-refractivity contribution in [3.8, 4) is 11.8 Å². The van der Waals surface area contributed by atoms with E-state index in [0.29, 0.717) is 40.5 Å². The van der Waals surface area contributed by atoms with E-state index in [2.05, 4.69) is 4.98 Å². The zero-order valence-electron chi connectivity index (χ0n) is 11.1. The van der Waals surface area contributed by atoms with Crippen molar-refractivity contribution in [3.05, 3.63) is 46.5 Å². The molecule has 0 spiro atoms. The Morgan fingerprint density at radius 2 is 2.29 bits per heavy atom. The maximum atomic E-state index is 12.3. The molecule has 0 aliphatic heterocycles. The van der Waals surface area contributed by atoms with Crippen LogP contribution in [0, 0.1) is 17.2 Å². The summed E-state index contributed by atoms with van der Waals surface area (Å²) in [5, 5.41) is 18.5. The maximum Gasteiger partial charge on any atom is 0.181 e. The molecule has 6 heteroatoms. The van der Waals surface area contributed by atoms with Gasteiger partial charge in [-0.3, -0.25) is 9.36 Å². The predicted octanol–water partition coefficient (Wildman–Crippen LogP) is 2.13. The number of aliphatic hydroxyl groups excluding tert-OH is 1. The number of nitrogens with zero attached hydrogens (tertiary/aromatic N) is 3. The molecule has 21 heavy (non-hydrogen) atoms. The molecule has 0 fully saturated rings. The molecule has 1 aliphatic rings. The van der Waals surface area contributed by atoms with Crippen LogP contribution < -0.4 is 0 Å². The molecular weight excluding hydrogens is 290 g/mol. The average Bonchev–Trinajstić information content (AvgIpc) is 2.91. The number of halogens is 1. The van der Waals surface area contributed by atoms with Crippen LogP contribution in [0.15, 0.2) is 24.5 Å². The molecular formula is C15H12ClN3O2. The molecule has 1 aromatic carbocycles. The number of aliphatic hydroxyl groups is 1. The predicted molar refractivity (Wildman–Crippen MR) is 76.5 cm³/mol. The summed E-state index contributed by atoms with van der Waals surface area (Å²) >= 11 is 6.04. The van der Waals surface area contributed by atoms with Gasteiger partial charge in [-0.15, -0.1) is 0 Å². The minimum Gasteiger partial charge on any atom is -0.396 e. The number of carbonyl (C=O) groups is 1. The highest BCUT2D eigenvalue weighted by Gasteiger charge is 2.29. The topological polar surface area (TPSA) is 78.9 Å². The molecule has 1 heterocycles. The Bertz CT molecular complexity index is 761. The van der Waals surface area contributed by atoms with E-state index in [1.165, 1.54) is 0 Å². The number of benzene rings is 1. The number of fused-ring (bicyclic) bond motifs is 1. The van der Waals surface area contributed by atoms with Gasteiger partial charge in [0.05, 0.1) is 16.3 Å². The third-order valence-corrected chi connectivity index (χ3v) is 3.99. The van der Waals surface area contributed by atoms with Crippen molar-refractivity contribution in [1.82, 2.24) is 9.55 Å². The average molecular weight is 302 g/mol. The number of nitriles is 1. The summed E-state index contributed by atoms with van der Waals surface area (Å²) in [6.07, 6.45) is 2.49. The molecule has 5 nitrogen and oxygen atoms in total. The second-order valence-electron chi connectivity index (χ2n) is 5.07. The SMILES string of the molecule is N#Cc1ccc(-n2cnc3c2C(=O)CC(CO)C3)cc1Cl. The standard InChI is InChI=1S/C15H12ClN3O2/c16-12-5-11(2-1-10(12)6-17)19-8-18-13-3-9(7-20)4-14(21)15(13)19/h1-2,5,8-9,20H,3-4,7H2. The summed E-state index contributed by atoms with van der Waals surface area (Å²) < 4.78 is 1.69. The van der Waals surface area contributed by atoms with Crippen LogP contribution in [-0.2, 0) is 6.42 Å². The van der Waals surface area contributed by atoms with Crippen molar-refractivity contribution in [2.24, 2.45) is 5.92 Å². The lowest BCUT2D eigenvalue weighted by molar-refractivity contribution is 0.0910. The zero-order chi connectivity index (χ0) is 15.0. The summed E-state index contributed by atoms with van der Waals surface area (Å²) in [4.78, 5) is 16.5. The van der Waals surface area contributed by atoms with Crippen LogP contribution in [0.3, 0.4) is 0 Å². The fourth-order valence-electron chi connectivity index (χ4n) is 2.60. The van der Waals surface area contributed by atoms with Crippen LogP contribution in [0.1, 0.15) is 28.2 Å². The van der Waals surface area contributed by atoms with Gasteiger partial charge in [-0.1, -0.05) is 11.6 Å². The molecule has 0 saturated carbocycles. The van der Waals surface area contributed by atoms with Crippen molar-refractivity contribution in [2.45, 2.75) is 12.8 Å². The Labute approximate surface area is 126 Å². The maximum absolute atomic E-state index is 12.3. The van der Waals surface area contributed by atoms with Crippen LogP contribution in [0.5, 0.6) is 0 Å². The first kappa shape index (κ1) is 13.8. The van der Waals surface area contributed by atoms with Crippen LogP contribution in [0.25, 0.3) is 5.69 Å². The second kappa shape index (κ2) is 5.32. The number of imidazole rings is 1. The van der Waals surface area contributed by atoms with Crippen LogP contribution in [-0.4, -0.2) is 27.0 Å². The minimum absolute atomic E-state index is 0.0132. The van der Waals surface area contributed by atoms with Gasteiger partial charge in [-0.2, -0.15) is 5.26 Å². The van der Waals surface area contributed by atoms with Crippen molar-refractivity contribution >= 4 is 17.4 Å². The Kier molecular flexibility index (Phi) is 3.50. The molecule has 0 amide bonds. The van der Waals surface area contributed by atoms with E-state index in [-0.39, 0.29) is 18.3 Å². The summed E-state index contributed by atoms with van der Waals surface area (Å²) in [7, 11) is 0. The molecule has 0 radical (unpaired) electrons. The number of aromatic nitrogens is 2. The third kappa shape index (κ3) is 2.33. The van der Waals surface area contributed by atoms with E-state index >= 15 is 0 Å². The fourth-order valence-corrected chi connectivity index (χ4v) is 2.82. The lowest BCUT2D eigenvalue weighted by Gasteiger charge is -2.19. The number of ketones is 1. The van der Waals surface area contributed by atoms with Crippen LogP contribution in [0.2, 0.25) is 5.02 Å². The van der Waals surface area contributed by atoms with Crippen molar-refractivity contribution in [2.75, 3.05) is 6.61 Å². The third-order valence-electron chi connectivity index (χ3n) is 3.67. The molecule has 0 saturated heterocycles. The summed E-state index contributed by atoms with van der Waals surface area (Å²) in [5.41, 5.74) is 2.33. The number of carbonyl (C=O) groups excluding carboxylic acids is 1. The zero-order valence-corrected chi connectivity index (χ0v) is 11.8. The van der Waals surface area contributed by atoms with Gasteiger partial charge in [0, 0.05) is 18.7 Å². The highest BCUT2D eigenvalue weighted by Crippen LogP contribution is 2.28. The number of hydrogen-bond acceptors (Lipinski definition) is 4. The quantitative estimate of drug-likeness (QED) is 0.921. The van der Waals surface area contributed by atoms with Crippen LogP contribution in [0.4, 0.5) is 0 Å². The van der Waals surface area contributed by atoms with E-state index in [0.717, 1.165) is 0 Å². The first-order chi connectivity index (χ1) is 10.1. The van der Waals surface area contributed by atoms with Crippen molar-refractivity contribution < 1.29 is 9.90 Å². The molecule has 1 aliphatic carbocycles. The lowest BCUT2D eigenvalue weighted by atomic mass is 9.89. The molecule has 1 aromatic heterocycles. The molecule has 0 bridgehead atoms. The van der Waals surface area contributed by atoms with Gasteiger partial charge in [0.15, 0.2) is 5.78 Å². The number of rotatable bonds is 2. The Hall–Kier alpha value is -2.16. The van der Waals surface area contributed by atoms with E-state index in [1.54, 1.807) is 29.1 Å².